The third-order valence-electron chi connectivity index (χ3n) is 5.43. The minimum atomic E-state index is 0.594. The highest BCUT2D eigenvalue weighted by atomic mass is 15.2. The summed E-state index contributed by atoms with van der Waals surface area (Å²) in [4.78, 5) is 13.2. The zero-order valence-electron chi connectivity index (χ0n) is 17.8. The highest BCUT2D eigenvalue weighted by Gasteiger charge is 2.16. The van der Waals surface area contributed by atoms with Gasteiger partial charge in [-0.3, -0.25) is 9.67 Å². The van der Waals surface area contributed by atoms with Gasteiger partial charge < -0.3 is 10.3 Å². The number of H-pyrrole nitrogens is 1. The number of nitrogens with zero attached hydrogens (tertiary/aromatic N) is 4. The van der Waals surface area contributed by atoms with E-state index in [4.69, 9.17) is 9.97 Å². The number of aryl methyl sites for hydroxylation is 3. The first kappa shape index (κ1) is 19.1. The molecule has 6 nitrogen and oxygen atoms in total. The second kappa shape index (κ2) is 7.72. The minimum Gasteiger partial charge on any atom is -0.378 e. The Bertz CT molecular complexity index is 1360. The monoisotopic (exact) mass is 408 g/mol. The Balaban J connectivity index is 1.55. The van der Waals surface area contributed by atoms with Gasteiger partial charge in [0, 0.05) is 29.4 Å². The Morgan fingerprint density at radius 1 is 0.968 bits per heavy atom. The predicted molar refractivity (Wildman–Crippen MR) is 125 cm³/mol. The molecule has 154 valence electrons. The molecule has 0 aliphatic carbocycles. The molecule has 0 saturated carbocycles. The third kappa shape index (κ3) is 3.80. The molecule has 31 heavy (non-hydrogen) atoms. The summed E-state index contributed by atoms with van der Waals surface area (Å²) < 4.78 is 1.88. The van der Waals surface area contributed by atoms with Crippen molar-refractivity contribution >= 4 is 16.6 Å². The van der Waals surface area contributed by atoms with Crippen LogP contribution in [0.2, 0.25) is 0 Å². The maximum Gasteiger partial charge on any atom is 0.126 e. The van der Waals surface area contributed by atoms with E-state index in [0.717, 1.165) is 50.8 Å². The topological polar surface area (TPSA) is 71.4 Å². The lowest BCUT2D eigenvalue weighted by Crippen LogP contribution is -2.01. The van der Waals surface area contributed by atoms with Crippen LogP contribution in [0.15, 0.2) is 66.9 Å². The number of rotatable bonds is 5. The van der Waals surface area contributed by atoms with Gasteiger partial charge in [-0.15, -0.1) is 0 Å². The van der Waals surface area contributed by atoms with Crippen molar-refractivity contribution < 1.29 is 0 Å². The lowest BCUT2D eigenvalue weighted by molar-refractivity contribution is 0.797. The van der Waals surface area contributed by atoms with E-state index in [-0.39, 0.29) is 0 Å². The van der Waals surface area contributed by atoms with Crippen LogP contribution in [0.1, 0.15) is 17.1 Å². The molecule has 3 heterocycles. The number of aromatic nitrogens is 5. The molecule has 0 saturated heterocycles. The highest BCUT2D eigenvalue weighted by Crippen LogP contribution is 2.31. The smallest absolute Gasteiger partial charge is 0.126 e. The Kier molecular flexibility index (Phi) is 4.75. The molecule has 5 rings (SSSR count). The fraction of sp³-hybridized carbons (Fsp3) is 0.160. The van der Waals surface area contributed by atoms with Crippen LogP contribution in [0.5, 0.6) is 0 Å². The molecule has 5 aromatic rings. The van der Waals surface area contributed by atoms with Crippen LogP contribution in [0, 0.1) is 13.8 Å². The molecule has 0 spiro atoms. The Labute approximate surface area is 181 Å². The molecule has 2 aromatic carbocycles. The first-order chi connectivity index (χ1) is 15.1. The van der Waals surface area contributed by atoms with E-state index in [1.54, 1.807) is 0 Å². The van der Waals surface area contributed by atoms with Crippen LogP contribution in [0.4, 0.5) is 5.69 Å². The summed E-state index contributed by atoms with van der Waals surface area (Å²) in [6, 6.07) is 20.7. The maximum atomic E-state index is 4.95. The van der Waals surface area contributed by atoms with Crippen molar-refractivity contribution in [1.29, 1.82) is 0 Å². The maximum absolute atomic E-state index is 4.95. The molecule has 0 amide bonds. The molecular weight excluding hydrogens is 384 g/mol. The normalized spacial score (nSPS) is 11.2. The summed E-state index contributed by atoms with van der Waals surface area (Å²) >= 11 is 0. The number of hydrogen-bond donors (Lipinski definition) is 2. The number of hydrogen-bond acceptors (Lipinski definition) is 4. The van der Waals surface area contributed by atoms with Crippen molar-refractivity contribution in [2.45, 2.75) is 20.4 Å². The van der Waals surface area contributed by atoms with Gasteiger partial charge in [0.15, 0.2) is 0 Å². The van der Waals surface area contributed by atoms with Crippen LogP contribution in [0.25, 0.3) is 33.5 Å². The summed E-state index contributed by atoms with van der Waals surface area (Å²) in [7, 11) is 1.95. The Morgan fingerprint density at radius 2 is 1.81 bits per heavy atom. The molecule has 0 bridgehead atoms. The average molecular weight is 409 g/mol. The molecule has 0 fully saturated rings. The summed E-state index contributed by atoms with van der Waals surface area (Å²) in [6.07, 6.45) is 1.88. The SMILES string of the molecule is Cc1ccc(NCc2nc(-c3ccc4c(cnn4C)c3)c(-c3cccc(C)n3)[nH]2)cc1. The third-order valence-corrected chi connectivity index (χ3v) is 5.43. The number of benzene rings is 2. The average Bonchev–Trinajstić information content (AvgIpc) is 3.37. The quantitative estimate of drug-likeness (QED) is 0.416. The van der Waals surface area contributed by atoms with Crippen LogP contribution in [-0.2, 0) is 13.6 Å². The number of fused-ring (bicyclic) bond motifs is 1. The van der Waals surface area contributed by atoms with Gasteiger partial charge in [-0.1, -0.05) is 29.8 Å². The van der Waals surface area contributed by atoms with Gasteiger partial charge in [0.1, 0.15) is 5.82 Å². The van der Waals surface area contributed by atoms with E-state index in [9.17, 15) is 0 Å². The van der Waals surface area contributed by atoms with E-state index in [1.165, 1.54) is 5.56 Å². The molecule has 2 N–H and O–H groups in total. The van der Waals surface area contributed by atoms with Crippen LogP contribution in [0.3, 0.4) is 0 Å². The van der Waals surface area contributed by atoms with E-state index >= 15 is 0 Å². The van der Waals surface area contributed by atoms with Gasteiger partial charge in [-0.25, -0.2) is 4.98 Å². The zero-order chi connectivity index (χ0) is 21.4. The van der Waals surface area contributed by atoms with Crippen LogP contribution >= 0.6 is 0 Å². The van der Waals surface area contributed by atoms with Crippen molar-refractivity contribution in [2.75, 3.05) is 5.32 Å². The van der Waals surface area contributed by atoms with E-state index < -0.39 is 0 Å². The second-order valence-corrected chi connectivity index (χ2v) is 7.83. The molecule has 0 aliphatic rings. The van der Waals surface area contributed by atoms with Crippen molar-refractivity contribution in [2.24, 2.45) is 7.05 Å². The lowest BCUT2D eigenvalue weighted by Gasteiger charge is -2.04. The van der Waals surface area contributed by atoms with Gasteiger partial charge in [0.2, 0.25) is 0 Å². The molecule has 0 aliphatic heterocycles. The van der Waals surface area contributed by atoms with Crippen molar-refractivity contribution in [3.05, 3.63) is 83.9 Å². The van der Waals surface area contributed by atoms with Crippen LogP contribution in [-0.4, -0.2) is 24.7 Å². The van der Waals surface area contributed by atoms with Crippen LogP contribution < -0.4 is 5.32 Å². The van der Waals surface area contributed by atoms with Crippen molar-refractivity contribution in [3.63, 3.8) is 0 Å². The number of aromatic amines is 1. The van der Waals surface area contributed by atoms with Crippen molar-refractivity contribution in [1.82, 2.24) is 24.7 Å². The van der Waals surface area contributed by atoms with Gasteiger partial charge in [-0.05, 0) is 50.2 Å². The lowest BCUT2D eigenvalue weighted by atomic mass is 10.1. The number of anilines is 1. The molecule has 3 aromatic heterocycles. The van der Waals surface area contributed by atoms with E-state index in [2.05, 4.69) is 64.8 Å². The fourth-order valence-corrected chi connectivity index (χ4v) is 3.75. The Morgan fingerprint density at radius 3 is 2.61 bits per heavy atom. The molecule has 6 heteroatoms. The molecular formula is C25H24N6. The minimum absolute atomic E-state index is 0.594. The largest absolute Gasteiger partial charge is 0.378 e. The fourth-order valence-electron chi connectivity index (χ4n) is 3.75. The first-order valence-corrected chi connectivity index (χ1v) is 10.3. The molecule has 0 radical (unpaired) electrons. The van der Waals surface area contributed by atoms with Gasteiger partial charge in [0.05, 0.1) is 35.3 Å². The van der Waals surface area contributed by atoms with E-state index in [1.807, 2.05) is 43.0 Å². The summed E-state index contributed by atoms with van der Waals surface area (Å²) in [5, 5.41) is 8.90. The highest BCUT2D eigenvalue weighted by molar-refractivity contribution is 5.87. The number of imidazole rings is 1. The summed E-state index contributed by atoms with van der Waals surface area (Å²) in [6.45, 7) is 4.68. The van der Waals surface area contributed by atoms with Gasteiger partial charge in [0.25, 0.3) is 0 Å². The molecule has 0 unspecified atom stereocenters. The number of nitrogens with one attached hydrogen (secondary N) is 2. The zero-order valence-corrected chi connectivity index (χ0v) is 17.8. The van der Waals surface area contributed by atoms with Crippen molar-refractivity contribution in [3.8, 4) is 22.6 Å². The Hall–Kier alpha value is -3.93. The first-order valence-electron chi connectivity index (χ1n) is 10.3. The summed E-state index contributed by atoms with van der Waals surface area (Å²) in [5.74, 6) is 0.861. The summed E-state index contributed by atoms with van der Waals surface area (Å²) in [5.41, 5.74) is 8.11. The number of pyridine rings is 1. The van der Waals surface area contributed by atoms with E-state index in [0.29, 0.717) is 6.54 Å². The molecule has 0 atom stereocenters. The van der Waals surface area contributed by atoms with Gasteiger partial charge in [-0.2, -0.15) is 5.10 Å². The van der Waals surface area contributed by atoms with Gasteiger partial charge >= 0.3 is 0 Å². The second-order valence-electron chi connectivity index (χ2n) is 7.83. The standard InChI is InChI=1S/C25H24N6/c1-16-7-10-20(11-8-16)26-15-23-29-24(25(30-23)21-6-4-5-17(2)28-21)18-9-12-22-19(13-18)14-27-31(22)3/h4-14,26H,15H2,1-3H3,(H,29,30). The predicted octanol–water partition coefficient (Wildman–Crippen LogP) is 5.25.